The Hall–Kier alpha value is -1.17. The van der Waals surface area contributed by atoms with E-state index in [2.05, 4.69) is 10.3 Å². The first-order valence-electron chi connectivity index (χ1n) is 5.42. The summed E-state index contributed by atoms with van der Waals surface area (Å²) in [6, 6.07) is 4.01. The van der Waals surface area contributed by atoms with Crippen molar-refractivity contribution >= 4 is 5.82 Å². The topological polar surface area (TPSA) is 80.4 Å². The summed E-state index contributed by atoms with van der Waals surface area (Å²) in [6.45, 7) is 2.08. The van der Waals surface area contributed by atoms with E-state index in [1.54, 1.807) is 6.20 Å². The van der Waals surface area contributed by atoms with E-state index in [4.69, 9.17) is 15.6 Å². The van der Waals surface area contributed by atoms with Gasteiger partial charge in [0.2, 0.25) is 0 Å². The van der Waals surface area contributed by atoms with Crippen LogP contribution in [0.1, 0.15) is 5.56 Å². The molecular weight excluding hydrogens is 206 g/mol. The molecule has 1 fully saturated rings. The molecule has 0 saturated carbocycles. The predicted molar refractivity (Wildman–Crippen MR) is 60.7 cm³/mol. The Kier molecular flexibility index (Phi) is 3.71. The van der Waals surface area contributed by atoms with Crippen molar-refractivity contribution < 1.29 is 9.84 Å². The molecule has 0 aromatic carbocycles. The first-order chi connectivity index (χ1) is 7.81. The van der Waals surface area contributed by atoms with Crippen molar-refractivity contribution in [3.05, 3.63) is 23.9 Å². The van der Waals surface area contributed by atoms with Gasteiger partial charge in [-0.25, -0.2) is 4.98 Å². The number of anilines is 1. The second-order valence-electron chi connectivity index (χ2n) is 4.02. The maximum Gasteiger partial charge on any atom is 0.127 e. The highest BCUT2D eigenvalue weighted by atomic mass is 16.5. The molecular formula is C11H17N3O2. The van der Waals surface area contributed by atoms with Crippen molar-refractivity contribution in [3.63, 3.8) is 0 Å². The van der Waals surface area contributed by atoms with Gasteiger partial charge in [0, 0.05) is 36.9 Å². The second kappa shape index (κ2) is 5.25. The lowest BCUT2D eigenvalue weighted by molar-refractivity contribution is 0.160. The number of aliphatic hydroxyl groups excluding tert-OH is 1. The van der Waals surface area contributed by atoms with Crippen LogP contribution < -0.4 is 11.1 Å². The van der Waals surface area contributed by atoms with Crippen molar-refractivity contribution in [2.75, 3.05) is 25.6 Å². The van der Waals surface area contributed by atoms with E-state index in [1.165, 1.54) is 0 Å². The first-order valence-corrected chi connectivity index (χ1v) is 5.42. The van der Waals surface area contributed by atoms with Gasteiger partial charge in [-0.1, -0.05) is 6.07 Å². The third-order valence-corrected chi connectivity index (χ3v) is 2.91. The van der Waals surface area contributed by atoms with Gasteiger partial charge in [-0.15, -0.1) is 0 Å². The first kappa shape index (κ1) is 11.3. The number of rotatable bonds is 4. The van der Waals surface area contributed by atoms with Crippen LogP contribution in [0.3, 0.4) is 0 Å². The Balaban J connectivity index is 1.90. The third-order valence-electron chi connectivity index (χ3n) is 2.91. The average Bonchev–Trinajstić information content (AvgIpc) is 2.75. The number of hydrogen-bond donors (Lipinski definition) is 3. The van der Waals surface area contributed by atoms with Gasteiger partial charge in [-0.3, -0.25) is 0 Å². The van der Waals surface area contributed by atoms with Crippen LogP contribution in [0.15, 0.2) is 18.3 Å². The predicted octanol–water partition coefficient (Wildman–Crippen LogP) is -0.239. The van der Waals surface area contributed by atoms with Crippen LogP contribution in [0.25, 0.3) is 0 Å². The van der Waals surface area contributed by atoms with Gasteiger partial charge in [0.15, 0.2) is 0 Å². The summed E-state index contributed by atoms with van der Waals surface area (Å²) in [5.74, 6) is 0.729. The number of hydrogen-bond acceptors (Lipinski definition) is 5. The maximum absolute atomic E-state index is 9.13. The van der Waals surface area contributed by atoms with Gasteiger partial charge in [0.25, 0.3) is 0 Å². The second-order valence-corrected chi connectivity index (χ2v) is 4.02. The molecule has 5 nitrogen and oxygen atoms in total. The average molecular weight is 223 g/mol. The lowest BCUT2D eigenvalue weighted by atomic mass is 10.0. The molecule has 2 rings (SSSR count). The molecule has 1 aromatic heterocycles. The largest absolute Gasteiger partial charge is 0.396 e. The fraction of sp³-hybridized carbons (Fsp3) is 0.545. The molecule has 2 unspecified atom stereocenters. The SMILES string of the molecule is Nc1ncccc1CNC1COCC1CO. The third kappa shape index (κ3) is 2.49. The lowest BCUT2D eigenvalue weighted by Crippen LogP contribution is -2.36. The smallest absolute Gasteiger partial charge is 0.127 e. The van der Waals surface area contributed by atoms with Crippen molar-refractivity contribution in [3.8, 4) is 0 Å². The quantitative estimate of drug-likeness (QED) is 0.656. The van der Waals surface area contributed by atoms with Crippen molar-refractivity contribution in [2.24, 2.45) is 5.92 Å². The van der Waals surface area contributed by atoms with Gasteiger partial charge in [-0.05, 0) is 6.07 Å². The molecule has 2 heterocycles. The number of nitrogen functional groups attached to an aromatic ring is 1. The molecule has 4 N–H and O–H groups in total. The lowest BCUT2D eigenvalue weighted by Gasteiger charge is -2.17. The molecule has 16 heavy (non-hydrogen) atoms. The zero-order chi connectivity index (χ0) is 11.4. The van der Waals surface area contributed by atoms with Crippen LogP contribution in [0, 0.1) is 5.92 Å². The molecule has 2 atom stereocenters. The number of aromatic nitrogens is 1. The number of nitrogens with two attached hydrogens (primary N) is 1. The zero-order valence-electron chi connectivity index (χ0n) is 9.10. The van der Waals surface area contributed by atoms with Crippen LogP contribution >= 0.6 is 0 Å². The Bertz CT molecular complexity index is 346. The van der Waals surface area contributed by atoms with E-state index in [-0.39, 0.29) is 18.6 Å². The molecule has 0 aliphatic carbocycles. The van der Waals surface area contributed by atoms with Crippen molar-refractivity contribution in [1.29, 1.82) is 0 Å². The molecule has 0 amide bonds. The number of ether oxygens (including phenoxy) is 1. The highest BCUT2D eigenvalue weighted by Crippen LogP contribution is 2.14. The molecule has 1 aliphatic heterocycles. The summed E-state index contributed by atoms with van der Waals surface area (Å²) in [7, 11) is 0. The van der Waals surface area contributed by atoms with E-state index in [0.717, 1.165) is 5.56 Å². The maximum atomic E-state index is 9.13. The summed E-state index contributed by atoms with van der Waals surface area (Å²) >= 11 is 0. The molecule has 1 aliphatic rings. The van der Waals surface area contributed by atoms with Gasteiger partial charge in [-0.2, -0.15) is 0 Å². The van der Waals surface area contributed by atoms with Gasteiger partial charge < -0.3 is 20.9 Å². The van der Waals surface area contributed by atoms with E-state index < -0.39 is 0 Å². The minimum atomic E-state index is 0.153. The Morgan fingerprint density at radius 1 is 1.56 bits per heavy atom. The summed E-state index contributed by atoms with van der Waals surface area (Å²) < 4.78 is 5.31. The highest BCUT2D eigenvalue weighted by Gasteiger charge is 2.26. The fourth-order valence-electron chi connectivity index (χ4n) is 1.85. The summed E-state index contributed by atoms with van der Waals surface area (Å²) in [4.78, 5) is 4.02. The zero-order valence-corrected chi connectivity index (χ0v) is 9.10. The molecule has 1 aromatic rings. The van der Waals surface area contributed by atoms with Crippen LogP contribution in [0.4, 0.5) is 5.82 Å². The van der Waals surface area contributed by atoms with E-state index >= 15 is 0 Å². The number of nitrogens with zero attached hydrogens (tertiary/aromatic N) is 1. The number of aliphatic hydroxyl groups is 1. The van der Waals surface area contributed by atoms with E-state index in [1.807, 2.05) is 12.1 Å². The molecule has 5 heteroatoms. The van der Waals surface area contributed by atoms with Crippen molar-refractivity contribution in [1.82, 2.24) is 10.3 Å². The highest BCUT2D eigenvalue weighted by molar-refractivity contribution is 5.38. The minimum Gasteiger partial charge on any atom is -0.396 e. The summed E-state index contributed by atoms with van der Waals surface area (Å²) in [5, 5.41) is 12.5. The number of pyridine rings is 1. The minimum absolute atomic E-state index is 0.153. The summed E-state index contributed by atoms with van der Waals surface area (Å²) in [5.41, 5.74) is 6.72. The van der Waals surface area contributed by atoms with Gasteiger partial charge in [0.1, 0.15) is 5.82 Å². The summed E-state index contributed by atoms with van der Waals surface area (Å²) in [6.07, 6.45) is 1.67. The molecule has 0 bridgehead atoms. The van der Waals surface area contributed by atoms with Crippen molar-refractivity contribution in [2.45, 2.75) is 12.6 Å². The Morgan fingerprint density at radius 3 is 3.19 bits per heavy atom. The monoisotopic (exact) mass is 223 g/mol. The fourth-order valence-corrected chi connectivity index (χ4v) is 1.85. The standard InChI is InChI=1S/C11H17N3O2/c12-11-8(2-1-3-13-11)4-14-10-7-16-6-9(10)5-15/h1-3,9-10,14-15H,4-7H2,(H2,12,13). The normalized spacial score (nSPS) is 24.8. The molecule has 0 spiro atoms. The van der Waals surface area contributed by atoms with Crippen LogP contribution in [-0.2, 0) is 11.3 Å². The van der Waals surface area contributed by atoms with Crippen LogP contribution in [-0.4, -0.2) is 36.0 Å². The number of nitrogens with one attached hydrogen (secondary N) is 1. The molecule has 1 saturated heterocycles. The van der Waals surface area contributed by atoms with E-state index in [0.29, 0.717) is 25.6 Å². The molecule has 88 valence electrons. The van der Waals surface area contributed by atoms with Gasteiger partial charge in [0.05, 0.1) is 13.2 Å². The van der Waals surface area contributed by atoms with E-state index in [9.17, 15) is 0 Å². The Labute approximate surface area is 94.6 Å². The van der Waals surface area contributed by atoms with Crippen LogP contribution in [0.2, 0.25) is 0 Å². The molecule has 0 radical (unpaired) electrons. The van der Waals surface area contributed by atoms with Gasteiger partial charge >= 0.3 is 0 Å². The van der Waals surface area contributed by atoms with Crippen LogP contribution in [0.5, 0.6) is 0 Å². The Morgan fingerprint density at radius 2 is 2.44 bits per heavy atom.